The fourth-order valence-electron chi connectivity index (χ4n) is 2.40. The van der Waals surface area contributed by atoms with E-state index in [-0.39, 0.29) is 5.91 Å². The molecule has 0 spiro atoms. The predicted octanol–water partition coefficient (Wildman–Crippen LogP) is 3.98. The van der Waals surface area contributed by atoms with Gasteiger partial charge in [-0.05, 0) is 64.7 Å². The minimum absolute atomic E-state index is 0.0912. The third-order valence-corrected chi connectivity index (χ3v) is 4.56. The number of hydrogen-bond donors (Lipinski definition) is 2. The fraction of sp³-hybridized carbons (Fsp3) is 0.188. The van der Waals surface area contributed by atoms with Crippen LogP contribution in [-0.2, 0) is 6.42 Å². The molecule has 0 fully saturated rings. The van der Waals surface area contributed by atoms with Gasteiger partial charge in [0, 0.05) is 22.4 Å². The number of rotatable bonds is 2. The van der Waals surface area contributed by atoms with E-state index in [9.17, 15) is 4.79 Å². The van der Waals surface area contributed by atoms with Gasteiger partial charge in [-0.3, -0.25) is 4.79 Å². The van der Waals surface area contributed by atoms with Crippen LogP contribution in [0.15, 0.2) is 40.9 Å². The topological polar surface area (TPSA) is 41.1 Å². The van der Waals surface area contributed by atoms with Gasteiger partial charge in [0.25, 0.3) is 5.91 Å². The van der Waals surface area contributed by atoms with E-state index in [2.05, 4.69) is 26.6 Å². The maximum atomic E-state index is 12.3. The van der Waals surface area contributed by atoms with Gasteiger partial charge in [-0.2, -0.15) is 0 Å². The molecule has 4 heteroatoms. The Balaban J connectivity index is 1.84. The van der Waals surface area contributed by atoms with Gasteiger partial charge in [-0.15, -0.1) is 0 Å². The van der Waals surface area contributed by atoms with E-state index < -0.39 is 0 Å². The number of carbonyl (C=O) groups is 1. The Morgan fingerprint density at radius 1 is 1.30 bits per heavy atom. The van der Waals surface area contributed by atoms with E-state index in [0.717, 1.165) is 28.7 Å². The lowest BCUT2D eigenvalue weighted by Gasteiger charge is -2.09. The molecule has 0 atom stereocenters. The van der Waals surface area contributed by atoms with E-state index >= 15 is 0 Å². The number of halogens is 1. The first kappa shape index (κ1) is 13.2. The van der Waals surface area contributed by atoms with Crippen molar-refractivity contribution in [3.05, 3.63) is 57.6 Å². The van der Waals surface area contributed by atoms with Crippen LogP contribution >= 0.6 is 15.9 Å². The van der Waals surface area contributed by atoms with Crippen LogP contribution in [0.4, 0.5) is 11.4 Å². The van der Waals surface area contributed by atoms with Crippen molar-refractivity contribution in [3.8, 4) is 0 Å². The van der Waals surface area contributed by atoms with Crippen molar-refractivity contribution in [2.24, 2.45) is 0 Å². The van der Waals surface area contributed by atoms with Crippen LogP contribution in [-0.4, -0.2) is 12.5 Å². The van der Waals surface area contributed by atoms with Crippen LogP contribution in [0.5, 0.6) is 0 Å². The molecular formula is C16H15BrN2O. The lowest BCUT2D eigenvalue weighted by Crippen LogP contribution is -2.13. The molecule has 2 aromatic carbocycles. The van der Waals surface area contributed by atoms with Crippen molar-refractivity contribution in [1.29, 1.82) is 0 Å². The Labute approximate surface area is 126 Å². The van der Waals surface area contributed by atoms with Crippen LogP contribution in [0.1, 0.15) is 21.5 Å². The molecule has 1 amide bonds. The maximum absolute atomic E-state index is 12.3. The highest BCUT2D eigenvalue weighted by molar-refractivity contribution is 9.10. The molecule has 0 radical (unpaired) electrons. The van der Waals surface area contributed by atoms with Gasteiger partial charge in [0.15, 0.2) is 0 Å². The van der Waals surface area contributed by atoms with Gasteiger partial charge in [-0.25, -0.2) is 0 Å². The summed E-state index contributed by atoms with van der Waals surface area (Å²) in [6.07, 6.45) is 1.01. The summed E-state index contributed by atoms with van der Waals surface area (Å²) in [5, 5.41) is 6.27. The zero-order valence-corrected chi connectivity index (χ0v) is 12.8. The second-order valence-corrected chi connectivity index (χ2v) is 5.73. The summed E-state index contributed by atoms with van der Waals surface area (Å²) in [5.74, 6) is -0.0912. The Morgan fingerprint density at radius 2 is 2.15 bits per heavy atom. The minimum atomic E-state index is -0.0912. The molecular weight excluding hydrogens is 316 g/mol. The highest BCUT2D eigenvalue weighted by atomic mass is 79.9. The Kier molecular flexibility index (Phi) is 3.49. The molecule has 20 heavy (non-hydrogen) atoms. The quantitative estimate of drug-likeness (QED) is 0.874. The molecule has 102 valence electrons. The third kappa shape index (κ3) is 2.43. The van der Waals surface area contributed by atoms with Crippen molar-refractivity contribution < 1.29 is 4.79 Å². The Morgan fingerprint density at radius 3 is 3.00 bits per heavy atom. The number of carbonyl (C=O) groups excluding carboxylic acids is 1. The molecule has 2 aromatic rings. The summed E-state index contributed by atoms with van der Waals surface area (Å²) in [7, 11) is 0. The van der Waals surface area contributed by atoms with Crippen LogP contribution in [0.2, 0.25) is 0 Å². The van der Waals surface area contributed by atoms with Crippen molar-refractivity contribution in [3.63, 3.8) is 0 Å². The van der Waals surface area contributed by atoms with Gasteiger partial charge in [0.05, 0.1) is 5.56 Å². The first-order valence-electron chi connectivity index (χ1n) is 6.58. The molecule has 0 aromatic heterocycles. The molecule has 1 aliphatic heterocycles. The van der Waals surface area contributed by atoms with E-state index in [4.69, 9.17) is 0 Å². The standard InChI is InChI=1S/C16H15BrN2O/c1-10-3-2-4-13(15(10)17)16(20)19-12-5-6-14-11(9-12)7-8-18-14/h2-6,9,18H,7-8H2,1H3,(H,19,20). The van der Waals surface area contributed by atoms with Gasteiger partial charge in [0.2, 0.25) is 0 Å². The maximum Gasteiger partial charge on any atom is 0.256 e. The zero-order chi connectivity index (χ0) is 14.1. The Bertz CT molecular complexity index is 682. The first-order chi connectivity index (χ1) is 9.65. The average molecular weight is 331 g/mol. The minimum Gasteiger partial charge on any atom is -0.384 e. The molecule has 2 N–H and O–H groups in total. The summed E-state index contributed by atoms with van der Waals surface area (Å²) < 4.78 is 0.848. The normalized spacial score (nSPS) is 12.7. The summed E-state index contributed by atoms with van der Waals surface area (Å²) in [5.41, 5.74) is 4.97. The molecule has 0 bridgehead atoms. The van der Waals surface area contributed by atoms with Crippen LogP contribution < -0.4 is 10.6 Å². The molecule has 0 saturated heterocycles. The molecule has 1 heterocycles. The van der Waals surface area contributed by atoms with Gasteiger partial charge in [-0.1, -0.05) is 12.1 Å². The molecule has 0 aliphatic carbocycles. The molecule has 0 unspecified atom stereocenters. The smallest absolute Gasteiger partial charge is 0.256 e. The predicted molar refractivity (Wildman–Crippen MR) is 85.5 cm³/mol. The molecule has 0 saturated carbocycles. The third-order valence-electron chi connectivity index (χ3n) is 3.51. The lowest BCUT2D eigenvalue weighted by atomic mass is 10.1. The number of benzene rings is 2. The number of hydrogen-bond acceptors (Lipinski definition) is 2. The Hall–Kier alpha value is -1.81. The van der Waals surface area contributed by atoms with Gasteiger partial charge < -0.3 is 10.6 Å². The number of aryl methyl sites for hydroxylation is 1. The highest BCUT2D eigenvalue weighted by Gasteiger charge is 2.14. The number of nitrogens with one attached hydrogen (secondary N) is 2. The van der Waals surface area contributed by atoms with E-state index in [0.29, 0.717) is 5.56 Å². The second kappa shape index (κ2) is 5.29. The number of amides is 1. The average Bonchev–Trinajstić information content (AvgIpc) is 2.89. The second-order valence-electron chi connectivity index (χ2n) is 4.94. The largest absolute Gasteiger partial charge is 0.384 e. The molecule has 3 rings (SSSR count). The number of fused-ring (bicyclic) bond motifs is 1. The van der Waals surface area contributed by atoms with Crippen molar-refractivity contribution in [2.75, 3.05) is 17.2 Å². The van der Waals surface area contributed by atoms with Crippen LogP contribution in [0.25, 0.3) is 0 Å². The van der Waals surface area contributed by atoms with Crippen LogP contribution in [0.3, 0.4) is 0 Å². The van der Waals surface area contributed by atoms with Crippen molar-refractivity contribution in [1.82, 2.24) is 0 Å². The van der Waals surface area contributed by atoms with E-state index in [1.165, 1.54) is 11.3 Å². The van der Waals surface area contributed by atoms with E-state index in [1.807, 2.05) is 43.3 Å². The lowest BCUT2D eigenvalue weighted by molar-refractivity contribution is 0.102. The first-order valence-corrected chi connectivity index (χ1v) is 7.38. The van der Waals surface area contributed by atoms with Gasteiger partial charge in [0.1, 0.15) is 0 Å². The van der Waals surface area contributed by atoms with Crippen molar-refractivity contribution in [2.45, 2.75) is 13.3 Å². The molecule has 1 aliphatic rings. The summed E-state index contributed by atoms with van der Waals surface area (Å²) >= 11 is 3.47. The highest BCUT2D eigenvalue weighted by Crippen LogP contribution is 2.26. The summed E-state index contributed by atoms with van der Waals surface area (Å²) in [6, 6.07) is 11.7. The molecule has 3 nitrogen and oxygen atoms in total. The zero-order valence-electron chi connectivity index (χ0n) is 11.2. The van der Waals surface area contributed by atoms with Gasteiger partial charge >= 0.3 is 0 Å². The fourth-order valence-corrected chi connectivity index (χ4v) is 2.85. The summed E-state index contributed by atoms with van der Waals surface area (Å²) in [6.45, 7) is 2.94. The van der Waals surface area contributed by atoms with Crippen LogP contribution in [0, 0.1) is 6.92 Å². The van der Waals surface area contributed by atoms with Crippen molar-refractivity contribution >= 4 is 33.2 Å². The monoisotopic (exact) mass is 330 g/mol. The summed E-state index contributed by atoms with van der Waals surface area (Å²) in [4.78, 5) is 12.3. The SMILES string of the molecule is Cc1cccc(C(=O)Nc2ccc3c(c2)CCN3)c1Br. The number of anilines is 2. The van der Waals surface area contributed by atoms with E-state index in [1.54, 1.807) is 0 Å².